The molecular formula is C21H22O5. The molecule has 0 aliphatic carbocycles. The summed E-state index contributed by atoms with van der Waals surface area (Å²) >= 11 is 0. The molecule has 0 radical (unpaired) electrons. The smallest absolute Gasteiger partial charge is 0.343 e. The molecule has 5 heteroatoms. The van der Waals surface area contributed by atoms with Crippen molar-refractivity contribution in [3.63, 3.8) is 0 Å². The van der Waals surface area contributed by atoms with Crippen molar-refractivity contribution in [2.75, 3.05) is 6.61 Å². The first-order valence-corrected chi connectivity index (χ1v) is 8.39. The van der Waals surface area contributed by atoms with Gasteiger partial charge in [0.2, 0.25) is 0 Å². The van der Waals surface area contributed by atoms with Crippen molar-refractivity contribution in [3.05, 3.63) is 76.1 Å². The van der Waals surface area contributed by atoms with Crippen LogP contribution in [0.15, 0.2) is 63.8 Å². The molecule has 26 heavy (non-hydrogen) atoms. The predicted octanol–water partition coefficient (Wildman–Crippen LogP) is 3.61. The minimum Gasteiger partial charge on any atom is -0.507 e. The van der Waals surface area contributed by atoms with E-state index in [1.165, 1.54) is 6.92 Å². The second-order valence-electron chi connectivity index (χ2n) is 5.83. The van der Waals surface area contributed by atoms with Gasteiger partial charge >= 0.3 is 5.63 Å². The van der Waals surface area contributed by atoms with E-state index in [4.69, 9.17) is 9.52 Å². The Hall–Kier alpha value is -2.92. The van der Waals surface area contributed by atoms with Gasteiger partial charge in [0.1, 0.15) is 17.1 Å². The third-order valence-corrected chi connectivity index (χ3v) is 3.86. The normalized spacial score (nSPS) is 11.5. The highest BCUT2D eigenvalue weighted by Gasteiger charge is 2.25. The quantitative estimate of drug-likeness (QED) is 0.699. The molecule has 136 valence electrons. The van der Waals surface area contributed by atoms with Crippen LogP contribution in [-0.4, -0.2) is 22.6 Å². The van der Waals surface area contributed by atoms with Gasteiger partial charge in [-0.1, -0.05) is 42.5 Å². The number of fused-ring (bicyclic) bond motifs is 1. The van der Waals surface area contributed by atoms with Crippen molar-refractivity contribution in [2.45, 2.75) is 26.2 Å². The Morgan fingerprint density at radius 2 is 1.65 bits per heavy atom. The maximum atomic E-state index is 12.4. The summed E-state index contributed by atoms with van der Waals surface area (Å²) in [6.45, 7) is 3.40. The van der Waals surface area contributed by atoms with Crippen LogP contribution in [0.3, 0.4) is 0 Å². The Morgan fingerprint density at radius 1 is 1.08 bits per heavy atom. The Balaban J connectivity index is 0.000000758. The fourth-order valence-corrected chi connectivity index (χ4v) is 2.81. The van der Waals surface area contributed by atoms with Crippen LogP contribution in [0.2, 0.25) is 0 Å². The van der Waals surface area contributed by atoms with E-state index in [0.717, 1.165) is 5.56 Å². The molecule has 0 aliphatic rings. The standard InChI is InChI=1S/C19H16O4.C2H6O/c1-12(20)11-15(13-7-3-2-4-8-13)17-18(21)14-9-5-6-10-16(14)23-19(17)22;1-2-3/h2-10,15,21H,11H2,1H3;3H,2H2,1H3. The number of carbonyl (C=O) groups excluding carboxylic acids is 1. The molecule has 1 aromatic heterocycles. The summed E-state index contributed by atoms with van der Waals surface area (Å²) in [7, 11) is 0. The third-order valence-electron chi connectivity index (χ3n) is 3.86. The molecule has 3 aromatic rings. The average molecular weight is 354 g/mol. The van der Waals surface area contributed by atoms with Gasteiger partial charge in [-0.2, -0.15) is 0 Å². The van der Waals surface area contributed by atoms with Crippen molar-refractivity contribution < 1.29 is 19.4 Å². The predicted molar refractivity (Wildman–Crippen MR) is 100 cm³/mol. The van der Waals surface area contributed by atoms with E-state index >= 15 is 0 Å². The van der Waals surface area contributed by atoms with Gasteiger partial charge < -0.3 is 14.6 Å². The summed E-state index contributed by atoms with van der Waals surface area (Å²) in [6.07, 6.45) is 0.126. The molecule has 0 bridgehead atoms. The van der Waals surface area contributed by atoms with Crippen molar-refractivity contribution in [1.29, 1.82) is 0 Å². The van der Waals surface area contributed by atoms with Crippen molar-refractivity contribution >= 4 is 16.8 Å². The van der Waals surface area contributed by atoms with Crippen molar-refractivity contribution in [2.24, 2.45) is 0 Å². The fraction of sp³-hybridized carbons (Fsp3) is 0.238. The van der Waals surface area contributed by atoms with Gasteiger partial charge in [0.15, 0.2) is 0 Å². The van der Waals surface area contributed by atoms with Gasteiger partial charge in [0, 0.05) is 18.9 Å². The van der Waals surface area contributed by atoms with Crippen LogP contribution >= 0.6 is 0 Å². The number of hydrogen-bond donors (Lipinski definition) is 2. The van der Waals surface area contributed by atoms with E-state index in [9.17, 15) is 14.7 Å². The number of aliphatic hydroxyl groups excluding tert-OH is 1. The Morgan fingerprint density at radius 3 is 2.27 bits per heavy atom. The van der Waals surface area contributed by atoms with Crippen LogP contribution in [0, 0.1) is 0 Å². The molecule has 1 heterocycles. The van der Waals surface area contributed by atoms with Gasteiger partial charge in [0.25, 0.3) is 0 Å². The van der Waals surface area contributed by atoms with Crippen LogP contribution in [0.25, 0.3) is 11.0 Å². The molecule has 0 amide bonds. The number of aliphatic hydroxyl groups is 1. The van der Waals surface area contributed by atoms with E-state index in [1.54, 1.807) is 31.2 Å². The monoisotopic (exact) mass is 354 g/mol. The van der Waals surface area contributed by atoms with Gasteiger partial charge in [-0.15, -0.1) is 0 Å². The first kappa shape index (κ1) is 19.4. The van der Waals surface area contributed by atoms with E-state index < -0.39 is 11.5 Å². The molecule has 0 saturated heterocycles. The number of rotatable bonds is 4. The highest BCUT2D eigenvalue weighted by atomic mass is 16.4. The van der Waals surface area contributed by atoms with Gasteiger partial charge in [0.05, 0.1) is 10.9 Å². The summed E-state index contributed by atoms with van der Waals surface area (Å²) < 4.78 is 5.33. The Labute approximate surface area is 151 Å². The summed E-state index contributed by atoms with van der Waals surface area (Å²) in [5.74, 6) is -0.715. The lowest BCUT2D eigenvalue weighted by Gasteiger charge is -2.17. The summed E-state index contributed by atoms with van der Waals surface area (Å²) in [6, 6.07) is 16.0. The molecule has 3 rings (SSSR count). The Kier molecular flexibility index (Phi) is 6.69. The summed E-state index contributed by atoms with van der Waals surface area (Å²) in [4.78, 5) is 24.1. The molecule has 2 N–H and O–H groups in total. The van der Waals surface area contributed by atoms with E-state index in [2.05, 4.69) is 0 Å². The molecule has 0 aliphatic heterocycles. The fourth-order valence-electron chi connectivity index (χ4n) is 2.81. The summed E-state index contributed by atoms with van der Waals surface area (Å²) in [5.41, 5.74) is 0.635. The van der Waals surface area contributed by atoms with E-state index in [0.29, 0.717) is 11.0 Å². The lowest BCUT2D eigenvalue weighted by molar-refractivity contribution is -0.117. The second kappa shape index (κ2) is 8.97. The molecule has 1 atom stereocenters. The van der Waals surface area contributed by atoms with Crippen molar-refractivity contribution in [1.82, 2.24) is 0 Å². The zero-order valence-corrected chi connectivity index (χ0v) is 14.8. The molecular weight excluding hydrogens is 332 g/mol. The minimum absolute atomic E-state index is 0.0641. The van der Waals surface area contributed by atoms with E-state index in [-0.39, 0.29) is 30.1 Å². The van der Waals surface area contributed by atoms with Crippen LogP contribution < -0.4 is 5.63 Å². The first-order chi connectivity index (χ1) is 12.5. The number of carbonyl (C=O) groups is 1. The number of hydrogen-bond acceptors (Lipinski definition) is 5. The topological polar surface area (TPSA) is 87.7 Å². The lowest BCUT2D eigenvalue weighted by atomic mass is 9.87. The van der Waals surface area contributed by atoms with Crippen LogP contribution in [0.1, 0.15) is 37.3 Å². The maximum absolute atomic E-state index is 12.4. The highest BCUT2D eigenvalue weighted by molar-refractivity contribution is 5.85. The first-order valence-electron chi connectivity index (χ1n) is 8.39. The number of para-hydroxylation sites is 1. The minimum atomic E-state index is -0.615. The van der Waals surface area contributed by atoms with Crippen LogP contribution in [0.5, 0.6) is 5.75 Å². The van der Waals surface area contributed by atoms with Gasteiger partial charge in [-0.3, -0.25) is 4.79 Å². The van der Waals surface area contributed by atoms with Crippen molar-refractivity contribution in [3.8, 4) is 5.75 Å². The van der Waals surface area contributed by atoms with Crippen LogP contribution in [-0.2, 0) is 4.79 Å². The zero-order valence-electron chi connectivity index (χ0n) is 14.8. The van der Waals surface area contributed by atoms with E-state index in [1.807, 2.05) is 30.3 Å². The number of benzene rings is 2. The molecule has 5 nitrogen and oxygen atoms in total. The average Bonchev–Trinajstić information content (AvgIpc) is 2.62. The molecule has 2 aromatic carbocycles. The third kappa shape index (κ3) is 4.37. The molecule has 0 spiro atoms. The highest BCUT2D eigenvalue weighted by Crippen LogP contribution is 2.35. The maximum Gasteiger partial charge on any atom is 0.343 e. The Bertz CT molecular complexity index is 928. The molecule has 1 unspecified atom stereocenters. The van der Waals surface area contributed by atoms with Gasteiger partial charge in [-0.25, -0.2) is 4.79 Å². The zero-order chi connectivity index (χ0) is 19.1. The summed E-state index contributed by atoms with van der Waals surface area (Å²) in [5, 5.41) is 18.6. The number of aromatic hydroxyl groups is 1. The lowest BCUT2D eigenvalue weighted by Crippen LogP contribution is -2.16. The van der Waals surface area contributed by atoms with Crippen LogP contribution in [0.4, 0.5) is 0 Å². The number of Topliss-reactive ketones (excluding diaryl/α,β-unsaturated/α-hetero) is 1. The number of ketones is 1. The van der Waals surface area contributed by atoms with Gasteiger partial charge in [-0.05, 0) is 31.5 Å². The largest absolute Gasteiger partial charge is 0.507 e. The SMILES string of the molecule is CC(=O)CC(c1ccccc1)c1c(O)c2ccccc2oc1=O.CCO. The molecule has 0 fully saturated rings. The second-order valence-corrected chi connectivity index (χ2v) is 5.83. The molecule has 0 saturated carbocycles.